The van der Waals surface area contributed by atoms with E-state index in [9.17, 15) is 22.8 Å². The van der Waals surface area contributed by atoms with Gasteiger partial charge in [-0.1, -0.05) is 26.0 Å². The van der Waals surface area contributed by atoms with E-state index in [1.165, 1.54) is 18.3 Å². The number of carbonyl (C=O) groups is 2. The average Bonchev–Trinajstić information content (AvgIpc) is 2.99. The fraction of sp³-hybridized carbons (Fsp3) is 0.409. The standard InChI is InChI=1S/C22H25F3N4O2/c1-15(2)21(31)29-11-5-10-28(12-13-29)19-9-8-16(14-26-19)27-20(30)17-6-3-4-7-18(17)22(23,24)25/h3-4,6-9,14-15H,5,10-13H2,1-2H3,(H,27,30). The Morgan fingerprint density at radius 2 is 1.77 bits per heavy atom. The van der Waals surface area contributed by atoms with Crippen molar-refractivity contribution in [2.75, 3.05) is 36.4 Å². The van der Waals surface area contributed by atoms with Gasteiger partial charge in [-0.3, -0.25) is 9.59 Å². The molecule has 0 unspecified atom stereocenters. The van der Waals surface area contributed by atoms with Crippen LogP contribution in [-0.2, 0) is 11.0 Å². The maximum absolute atomic E-state index is 13.1. The second kappa shape index (κ2) is 9.36. The van der Waals surface area contributed by atoms with Crippen molar-refractivity contribution in [2.45, 2.75) is 26.4 Å². The quantitative estimate of drug-likeness (QED) is 0.789. The molecule has 1 aliphatic rings. The SMILES string of the molecule is CC(C)C(=O)N1CCCN(c2ccc(NC(=O)c3ccccc3C(F)(F)F)cn2)CC1. The lowest BCUT2D eigenvalue weighted by Crippen LogP contribution is -2.37. The van der Waals surface area contributed by atoms with Crippen LogP contribution in [0.25, 0.3) is 0 Å². The molecule has 9 heteroatoms. The maximum atomic E-state index is 13.1. The van der Waals surface area contributed by atoms with Gasteiger partial charge in [0.2, 0.25) is 5.91 Å². The summed E-state index contributed by atoms with van der Waals surface area (Å²) in [5.41, 5.74) is -1.12. The number of benzene rings is 1. The number of alkyl halides is 3. The molecule has 1 aromatic carbocycles. The van der Waals surface area contributed by atoms with Crippen LogP contribution in [0.4, 0.5) is 24.7 Å². The average molecular weight is 434 g/mol. The molecule has 1 N–H and O–H groups in total. The molecule has 1 fully saturated rings. The first-order valence-electron chi connectivity index (χ1n) is 10.1. The van der Waals surface area contributed by atoms with Gasteiger partial charge in [0.1, 0.15) is 5.82 Å². The molecule has 1 aromatic heterocycles. The molecule has 2 amide bonds. The molecule has 3 rings (SSSR count). The van der Waals surface area contributed by atoms with Gasteiger partial charge in [-0.2, -0.15) is 13.2 Å². The summed E-state index contributed by atoms with van der Waals surface area (Å²) >= 11 is 0. The Morgan fingerprint density at radius 1 is 1.03 bits per heavy atom. The number of hydrogen-bond donors (Lipinski definition) is 1. The summed E-state index contributed by atoms with van der Waals surface area (Å²) in [6.07, 6.45) is -2.38. The number of rotatable bonds is 4. The minimum atomic E-state index is -4.62. The Hall–Kier alpha value is -3.10. The van der Waals surface area contributed by atoms with Gasteiger partial charge < -0.3 is 15.1 Å². The molecule has 0 bridgehead atoms. The zero-order valence-corrected chi connectivity index (χ0v) is 17.4. The van der Waals surface area contributed by atoms with E-state index in [1.54, 1.807) is 12.1 Å². The third-order valence-corrected chi connectivity index (χ3v) is 5.11. The number of hydrogen-bond acceptors (Lipinski definition) is 4. The molecule has 2 aromatic rings. The highest BCUT2D eigenvalue weighted by Gasteiger charge is 2.34. The molecule has 0 radical (unpaired) electrons. The Labute approximate surface area is 179 Å². The largest absolute Gasteiger partial charge is 0.417 e. The number of halogens is 3. The molecule has 0 spiro atoms. The Balaban J connectivity index is 1.66. The molecular formula is C22H25F3N4O2. The zero-order chi connectivity index (χ0) is 22.6. The molecule has 1 saturated heterocycles. The number of aromatic nitrogens is 1. The predicted octanol–water partition coefficient (Wildman–Crippen LogP) is 4.05. The second-order valence-electron chi connectivity index (χ2n) is 7.72. The van der Waals surface area contributed by atoms with E-state index in [-0.39, 0.29) is 11.8 Å². The van der Waals surface area contributed by atoms with Crippen molar-refractivity contribution in [2.24, 2.45) is 5.92 Å². The molecule has 6 nitrogen and oxygen atoms in total. The van der Waals surface area contributed by atoms with Crippen molar-refractivity contribution in [1.82, 2.24) is 9.88 Å². The number of pyridine rings is 1. The first kappa shape index (κ1) is 22.6. The first-order valence-corrected chi connectivity index (χ1v) is 10.1. The van der Waals surface area contributed by atoms with Crippen molar-refractivity contribution < 1.29 is 22.8 Å². The van der Waals surface area contributed by atoms with Gasteiger partial charge in [0.05, 0.1) is 23.0 Å². The maximum Gasteiger partial charge on any atom is 0.417 e. The van der Waals surface area contributed by atoms with Crippen molar-refractivity contribution in [1.29, 1.82) is 0 Å². The number of anilines is 2. The van der Waals surface area contributed by atoms with Gasteiger partial charge in [0.15, 0.2) is 0 Å². The summed E-state index contributed by atoms with van der Waals surface area (Å²) in [6, 6.07) is 7.97. The van der Waals surface area contributed by atoms with E-state index >= 15 is 0 Å². The van der Waals surface area contributed by atoms with E-state index in [2.05, 4.69) is 15.2 Å². The first-order chi connectivity index (χ1) is 14.7. The monoisotopic (exact) mass is 434 g/mol. The highest BCUT2D eigenvalue weighted by molar-refractivity contribution is 6.05. The van der Waals surface area contributed by atoms with Crippen LogP contribution in [0.3, 0.4) is 0 Å². The summed E-state index contributed by atoms with van der Waals surface area (Å²) in [6.45, 7) is 6.43. The van der Waals surface area contributed by atoms with Crippen LogP contribution in [-0.4, -0.2) is 47.9 Å². The van der Waals surface area contributed by atoms with Gasteiger partial charge in [0.25, 0.3) is 5.91 Å². The van der Waals surface area contributed by atoms with E-state index in [0.717, 1.165) is 25.1 Å². The normalized spacial score (nSPS) is 15.0. The Morgan fingerprint density at radius 3 is 2.42 bits per heavy atom. The van der Waals surface area contributed by atoms with Crippen molar-refractivity contribution >= 4 is 23.3 Å². The Bertz CT molecular complexity index is 929. The minimum Gasteiger partial charge on any atom is -0.355 e. The van der Waals surface area contributed by atoms with Crippen molar-refractivity contribution in [3.63, 3.8) is 0 Å². The third kappa shape index (κ3) is 5.53. The molecule has 31 heavy (non-hydrogen) atoms. The molecule has 0 atom stereocenters. The van der Waals surface area contributed by atoms with Gasteiger partial charge in [-0.15, -0.1) is 0 Å². The molecule has 1 aliphatic heterocycles. The van der Waals surface area contributed by atoms with Crippen LogP contribution >= 0.6 is 0 Å². The summed E-state index contributed by atoms with van der Waals surface area (Å²) in [4.78, 5) is 32.9. The number of nitrogens with one attached hydrogen (secondary N) is 1. The number of nitrogens with zero attached hydrogens (tertiary/aromatic N) is 3. The lowest BCUT2D eigenvalue weighted by Gasteiger charge is -2.24. The van der Waals surface area contributed by atoms with Crippen LogP contribution in [0.5, 0.6) is 0 Å². The summed E-state index contributed by atoms with van der Waals surface area (Å²) in [5, 5.41) is 2.47. The summed E-state index contributed by atoms with van der Waals surface area (Å²) in [5.74, 6) is -0.0744. The highest BCUT2D eigenvalue weighted by Crippen LogP contribution is 2.32. The highest BCUT2D eigenvalue weighted by atomic mass is 19.4. The summed E-state index contributed by atoms with van der Waals surface area (Å²) < 4.78 is 39.4. The predicted molar refractivity (Wildman–Crippen MR) is 112 cm³/mol. The van der Waals surface area contributed by atoms with E-state index in [0.29, 0.717) is 31.1 Å². The number of carbonyl (C=O) groups excluding carboxylic acids is 2. The lowest BCUT2D eigenvalue weighted by atomic mass is 10.1. The Kier molecular flexibility index (Phi) is 6.82. The van der Waals surface area contributed by atoms with Gasteiger partial charge in [-0.25, -0.2) is 4.98 Å². The minimum absolute atomic E-state index is 0.0463. The molecule has 0 saturated carbocycles. The molecular weight excluding hydrogens is 409 g/mol. The summed E-state index contributed by atoms with van der Waals surface area (Å²) in [7, 11) is 0. The molecule has 0 aliphatic carbocycles. The van der Waals surface area contributed by atoms with E-state index < -0.39 is 23.2 Å². The van der Waals surface area contributed by atoms with Crippen LogP contribution in [0.2, 0.25) is 0 Å². The van der Waals surface area contributed by atoms with E-state index in [4.69, 9.17) is 0 Å². The van der Waals surface area contributed by atoms with Crippen molar-refractivity contribution in [3.8, 4) is 0 Å². The molecule has 166 valence electrons. The topological polar surface area (TPSA) is 65.5 Å². The molecule has 2 heterocycles. The van der Waals surface area contributed by atoms with Crippen molar-refractivity contribution in [3.05, 3.63) is 53.7 Å². The fourth-order valence-corrected chi connectivity index (χ4v) is 3.51. The van der Waals surface area contributed by atoms with Gasteiger partial charge in [-0.05, 0) is 30.7 Å². The fourth-order valence-electron chi connectivity index (χ4n) is 3.51. The van der Waals surface area contributed by atoms with Crippen LogP contribution in [0, 0.1) is 5.92 Å². The van der Waals surface area contributed by atoms with Crippen LogP contribution < -0.4 is 10.2 Å². The van der Waals surface area contributed by atoms with E-state index in [1.807, 2.05) is 18.7 Å². The number of amides is 2. The van der Waals surface area contributed by atoms with Gasteiger partial charge in [0, 0.05) is 32.1 Å². The lowest BCUT2D eigenvalue weighted by molar-refractivity contribution is -0.138. The zero-order valence-electron chi connectivity index (χ0n) is 17.4. The second-order valence-corrected chi connectivity index (χ2v) is 7.72. The smallest absolute Gasteiger partial charge is 0.355 e. The van der Waals surface area contributed by atoms with Crippen LogP contribution in [0.1, 0.15) is 36.2 Å². The third-order valence-electron chi connectivity index (χ3n) is 5.11. The van der Waals surface area contributed by atoms with Gasteiger partial charge >= 0.3 is 6.18 Å². The van der Waals surface area contributed by atoms with Crippen LogP contribution in [0.15, 0.2) is 42.6 Å².